The Kier molecular flexibility index (Phi) is 4.02. The molecule has 1 unspecified atom stereocenters. The van der Waals surface area contributed by atoms with Gasteiger partial charge in [0.1, 0.15) is 5.82 Å². The van der Waals surface area contributed by atoms with Crippen molar-refractivity contribution in [3.63, 3.8) is 0 Å². The fourth-order valence-corrected chi connectivity index (χ4v) is 3.82. The monoisotopic (exact) mass is 326 g/mol. The van der Waals surface area contributed by atoms with Crippen molar-refractivity contribution in [3.05, 3.63) is 30.4 Å². The standard InChI is InChI=1S/C17H22N6O/c24-15(23-9-1-4-17(12-23)5-8-19-11-17)10-14-20-16(22-21-14)13-2-6-18-7-3-13/h2-3,6-7,19H,1,4-5,8-12H2,(H,20,21,22). The third-order valence-electron chi connectivity index (χ3n) is 5.14. The van der Waals surface area contributed by atoms with Crippen molar-refractivity contribution in [2.45, 2.75) is 25.7 Å². The number of pyridine rings is 1. The number of rotatable bonds is 3. The highest BCUT2D eigenvalue weighted by Crippen LogP contribution is 2.35. The second-order valence-electron chi connectivity index (χ2n) is 6.86. The lowest BCUT2D eigenvalue weighted by Crippen LogP contribution is -2.47. The van der Waals surface area contributed by atoms with Crippen molar-refractivity contribution in [3.8, 4) is 11.4 Å². The van der Waals surface area contributed by atoms with Gasteiger partial charge in [0.25, 0.3) is 0 Å². The number of nitrogens with one attached hydrogen (secondary N) is 2. The quantitative estimate of drug-likeness (QED) is 0.879. The van der Waals surface area contributed by atoms with Gasteiger partial charge < -0.3 is 10.2 Å². The minimum atomic E-state index is 0.137. The number of likely N-dealkylation sites (tertiary alicyclic amines) is 1. The molecule has 2 aromatic rings. The average molecular weight is 326 g/mol. The topological polar surface area (TPSA) is 86.8 Å². The summed E-state index contributed by atoms with van der Waals surface area (Å²) < 4.78 is 0. The van der Waals surface area contributed by atoms with Crippen LogP contribution in [0.25, 0.3) is 11.4 Å². The average Bonchev–Trinajstić information content (AvgIpc) is 3.26. The van der Waals surface area contributed by atoms with Gasteiger partial charge in [-0.1, -0.05) is 0 Å². The molecule has 4 rings (SSSR count). The zero-order valence-electron chi connectivity index (χ0n) is 13.7. The third kappa shape index (κ3) is 3.03. The third-order valence-corrected chi connectivity index (χ3v) is 5.14. The second-order valence-corrected chi connectivity index (χ2v) is 6.86. The molecule has 2 aromatic heterocycles. The van der Waals surface area contributed by atoms with E-state index >= 15 is 0 Å². The van der Waals surface area contributed by atoms with Crippen molar-refractivity contribution in [1.82, 2.24) is 30.4 Å². The summed E-state index contributed by atoms with van der Waals surface area (Å²) >= 11 is 0. The van der Waals surface area contributed by atoms with Gasteiger partial charge in [-0.05, 0) is 37.9 Å². The second kappa shape index (κ2) is 6.32. The number of H-pyrrole nitrogens is 1. The molecule has 2 aliphatic heterocycles. The van der Waals surface area contributed by atoms with Crippen LogP contribution in [0.3, 0.4) is 0 Å². The predicted octanol–water partition coefficient (Wildman–Crippen LogP) is 1.01. The first-order valence-electron chi connectivity index (χ1n) is 8.54. The van der Waals surface area contributed by atoms with Crippen molar-refractivity contribution in [1.29, 1.82) is 0 Å². The van der Waals surface area contributed by atoms with Crippen LogP contribution < -0.4 is 5.32 Å². The lowest BCUT2D eigenvalue weighted by atomic mass is 9.79. The molecule has 126 valence electrons. The fraction of sp³-hybridized carbons (Fsp3) is 0.529. The molecule has 2 fully saturated rings. The van der Waals surface area contributed by atoms with E-state index in [1.165, 1.54) is 12.8 Å². The summed E-state index contributed by atoms with van der Waals surface area (Å²) in [6.07, 6.45) is 7.18. The Labute approximate surface area is 140 Å². The first-order valence-corrected chi connectivity index (χ1v) is 8.54. The molecule has 0 aliphatic carbocycles. The summed E-state index contributed by atoms with van der Waals surface area (Å²) in [7, 11) is 0. The van der Waals surface area contributed by atoms with Gasteiger partial charge in [0, 0.05) is 43.0 Å². The van der Waals surface area contributed by atoms with Gasteiger partial charge in [0.05, 0.1) is 6.42 Å². The van der Waals surface area contributed by atoms with E-state index in [1.54, 1.807) is 12.4 Å². The largest absolute Gasteiger partial charge is 0.342 e. The molecule has 1 spiro atoms. The van der Waals surface area contributed by atoms with Crippen LogP contribution >= 0.6 is 0 Å². The minimum Gasteiger partial charge on any atom is -0.342 e. The lowest BCUT2D eigenvalue weighted by molar-refractivity contribution is -0.133. The van der Waals surface area contributed by atoms with E-state index in [0.29, 0.717) is 11.6 Å². The molecule has 2 saturated heterocycles. The molecule has 0 aromatic carbocycles. The zero-order chi connectivity index (χ0) is 16.4. The molecule has 2 N–H and O–H groups in total. The maximum atomic E-state index is 12.7. The van der Waals surface area contributed by atoms with Gasteiger partial charge in [-0.25, -0.2) is 4.98 Å². The highest BCUT2D eigenvalue weighted by atomic mass is 16.2. The lowest BCUT2D eigenvalue weighted by Gasteiger charge is -2.40. The van der Waals surface area contributed by atoms with Crippen LogP contribution in [0.5, 0.6) is 0 Å². The van der Waals surface area contributed by atoms with Gasteiger partial charge in [0.2, 0.25) is 5.91 Å². The van der Waals surface area contributed by atoms with Crippen LogP contribution in [0.2, 0.25) is 0 Å². The SMILES string of the molecule is O=C(Cc1nc(-c2ccncc2)n[nH]1)N1CCCC2(CCNC2)C1. The van der Waals surface area contributed by atoms with Crippen molar-refractivity contribution < 1.29 is 4.79 Å². The van der Waals surface area contributed by atoms with E-state index in [-0.39, 0.29) is 17.7 Å². The Morgan fingerprint density at radius 3 is 2.96 bits per heavy atom. The molecular weight excluding hydrogens is 304 g/mol. The molecule has 0 radical (unpaired) electrons. The molecular formula is C17H22N6O. The predicted molar refractivity (Wildman–Crippen MR) is 89.1 cm³/mol. The van der Waals surface area contributed by atoms with E-state index in [0.717, 1.165) is 38.2 Å². The van der Waals surface area contributed by atoms with Crippen molar-refractivity contribution >= 4 is 5.91 Å². The molecule has 1 atom stereocenters. The Hall–Kier alpha value is -2.28. The van der Waals surface area contributed by atoms with E-state index in [9.17, 15) is 4.79 Å². The smallest absolute Gasteiger partial charge is 0.230 e. The zero-order valence-corrected chi connectivity index (χ0v) is 13.7. The molecule has 7 nitrogen and oxygen atoms in total. The normalized spacial score (nSPS) is 23.8. The van der Waals surface area contributed by atoms with Gasteiger partial charge in [-0.3, -0.25) is 14.9 Å². The first kappa shape index (κ1) is 15.3. The summed E-state index contributed by atoms with van der Waals surface area (Å²) in [4.78, 5) is 23.1. The molecule has 0 saturated carbocycles. The van der Waals surface area contributed by atoms with Crippen LogP contribution in [0.4, 0.5) is 0 Å². The Morgan fingerprint density at radius 2 is 2.17 bits per heavy atom. The number of aromatic amines is 1. The van der Waals surface area contributed by atoms with E-state index < -0.39 is 0 Å². The number of hydrogen-bond donors (Lipinski definition) is 2. The summed E-state index contributed by atoms with van der Waals surface area (Å²) in [6, 6.07) is 3.71. The molecule has 0 bridgehead atoms. The summed E-state index contributed by atoms with van der Waals surface area (Å²) in [5.74, 6) is 1.37. The molecule has 24 heavy (non-hydrogen) atoms. The van der Waals surface area contributed by atoms with Crippen LogP contribution in [-0.4, -0.2) is 57.2 Å². The maximum absolute atomic E-state index is 12.7. The maximum Gasteiger partial charge on any atom is 0.230 e. The molecule has 1 amide bonds. The number of piperidine rings is 1. The van der Waals surface area contributed by atoms with Crippen LogP contribution in [0.1, 0.15) is 25.1 Å². The number of hydrogen-bond acceptors (Lipinski definition) is 5. The van der Waals surface area contributed by atoms with Gasteiger partial charge in [-0.15, -0.1) is 0 Å². The highest BCUT2D eigenvalue weighted by Gasteiger charge is 2.39. The van der Waals surface area contributed by atoms with Crippen LogP contribution in [0.15, 0.2) is 24.5 Å². The summed E-state index contributed by atoms with van der Waals surface area (Å²) in [5.41, 5.74) is 1.19. The Balaban J connectivity index is 1.42. The van der Waals surface area contributed by atoms with Crippen molar-refractivity contribution in [2.75, 3.05) is 26.2 Å². The number of amides is 1. The number of nitrogens with zero attached hydrogens (tertiary/aromatic N) is 4. The van der Waals surface area contributed by atoms with E-state index in [1.807, 2.05) is 17.0 Å². The molecule has 4 heterocycles. The van der Waals surface area contributed by atoms with Crippen molar-refractivity contribution in [2.24, 2.45) is 5.41 Å². The summed E-state index contributed by atoms with van der Waals surface area (Å²) in [5, 5.41) is 10.5. The molecule has 2 aliphatic rings. The van der Waals surface area contributed by atoms with Crippen LogP contribution in [-0.2, 0) is 11.2 Å². The van der Waals surface area contributed by atoms with Gasteiger partial charge in [-0.2, -0.15) is 5.10 Å². The van der Waals surface area contributed by atoms with Gasteiger partial charge >= 0.3 is 0 Å². The van der Waals surface area contributed by atoms with E-state index in [2.05, 4.69) is 25.5 Å². The first-order chi connectivity index (χ1) is 11.7. The van der Waals surface area contributed by atoms with Crippen LogP contribution in [0, 0.1) is 5.41 Å². The molecule has 7 heteroatoms. The Morgan fingerprint density at radius 1 is 1.29 bits per heavy atom. The number of carbonyl (C=O) groups excluding carboxylic acids is 1. The van der Waals surface area contributed by atoms with Gasteiger partial charge in [0.15, 0.2) is 5.82 Å². The van der Waals surface area contributed by atoms with E-state index in [4.69, 9.17) is 0 Å². The highest BCUT2D eigenvalue weighted by molar-refractivity contribution is 5.78. The summed E-state index contributed by atoms with van der Waals surface area (Å²) in [6.45, 7) is 3.82. The number of carbonyl (C=O) groups is 1. The number of aromatic nitrogens is 4. The fourth-order valence-electron chi connectivity index (χ4n) is 3.82. The minimum absolute atomic E-state index is 0.137. The Bertz CT molecular complexity index is 707.